The van der Waals surface area contributed by atoms with Crippen LogP contribution < -0.4 is 0 Å². The summed E-state index contributed by atoms with van der Waals surface area (Å²) in [5, 5.41) is 7.95. The van der Waals surface area contributed by atoms with Gasteiger partial charge in [0.1, 0.15) is 18.3 Å². The second-order valence-corrected chi connectivity index (χ2v) is 6.55. The quantitative estimate of drug-likeness (QED) is 0.837. The maximum Gasteiger partial charge on any atom is 0.262 e. The first kappa shape index (κ1) is 16.4. The Hall–Kier alpha value is -2.41. The molecule has 7 heteroatoms. The molecule has 0 N–H and O–H groups in total. The highest BCUT2D eigenvalue weighted by Crippen LogP contribution is 2.34. The van der Waals surface area contributed by atoms with Crippen molar-refractivity contribution in [1.29, 1.82) is 0 Å². The van der Waals surface area contributed by atoms with Crippen LogP contribution in [-0.4, -0.2) is 41.0 Å². The fraction of sp³-hybridized carbons (Fsp3) is 0.353. The molecule has 0 spiro atoms. The topological polar surface area (TPSA) is 66.1 Å². The number of rotatable bonds is 5. The third kappa shape index (κ3) is 3.26. The molecule has 2 amide bonds. The Morgan fingerprint density at radius 1 is 1.42 bits per heavy atom. The highest BCUT2D eigenvalue weighted by atomic mass is 32.1. The number of hydrogen-bond acceptors (Lipinski definition) is 5. The van der Waals surface area contributed by atoms with Gasteiger partial charge in [0, 0.05) is 19.9 Å². The average molecular weight is 345 g/mol. The van der Waals surface area contributed by atoms with Gasteiger partial charge in [0.2, 0.25) is 5.91 Å². The summed E-state index contributed by atoms with van der Waals surface area (Å²) in [7, 11) is 1.63. The molecule has 1 atom stereocenters. The number of nitrogens with zero attached hydrogens (tertiary/aromatic N) is 3. The summed E-state index contributed by atoms with van der Waals surface area (Å²) in [5.74, 6) is 0.412. The molecular weight excluding hydrogens is 326 g/mol. The lowest BCUT2D eigenvalue weighted by Crippen LogP contribution is -2.38. The van der Waals surface area contributed by atoms with E-state index in [1.165, 1.54) is 9.91 Å². The molecule has 0 saturated heterocycles. The Morgan fingerprint density at radius 3 is 2.88 bits per heavy atom. The molecule has 126 valence electrons. The summed E-state index contributed by atoms with van der Waals surface area (Å²) in [6.45, 7) is 1.78. The number of likely N-dealkylation sites (N-methyl/N-ethyl adjacent to an activating group) is 1. The van der Waals surface area contributed by atoms with Crippen LogP contribution in [0.4, 0.5) is 0 Å². The number of thiophene rings is 1. The van der Waals surface area contributed by atoms with Crippen molar-refractivity contribution in [2.75, 3.05) is 13.6 Å². The molecule has 0 radical (unpaired) electrons. The zero-order chi connectivity index (χ0) is 17.1. The average Bonchev–Trinajstić information content (AvgIpc) is 3.33. The summed E-state index contributed by atoms with van der Waals surface area (Å²) in [6.07, 6.45) is 2.56. The summed E-state index contributed by atoms with van der Waals surface area (Å²) < 4.78 is 5.49. The molecule has 2 aromatic rings. The SMILES string of the molecule is CCC(=O)N(C)CC(=O)N1N=C(c2cccs2)C[C@@H]1c1ccco1. The Labute approximate surface area is 144 Å². The standard InChI is InChI=1S/C17H19N3O3S/c1-3-16(21)19(2)11-17(22)20-13(14-6-4-8-23-14)10-12(18-20)15-7-5-9-24-15/h4-9,13H,3,10-11H2,1-2H3/t13-/m1/s1. The van der Waals surface area contributed by atoms with Crippen molar-refractivity contribution in [3.8, 4) is 0 Å². The molecule has 1 aliphatic heterocycles. The maximum absolute atomic E-state index is 12.7. The van der Waals surface area contributed by atoms with Gasteiger partial charge in [0.25, 0.3) is 5.91 Å². The van der Waals surface area contributed by atoms with Crippen LogP contribution in [0.1, 0.15) is 36.4 Å². The van der Waals surface area contributed by atoms with Crippen molar-refractivity contribution >= 4 is 28.9 Å². The van der Waals surface area contributed by atoms with Gasteiger partial charge in [-0.15, -0.1) is 11.3 Å². The van der Waals surface area contributed by atoms with E-state index in [2.05, 4.69) is 5.10 Å². The molecule has 24 heavy (non-hydrogen) atoms. The number of amides is 2. The minimum absolute atomic E-state index is 0.00506. The van der Waals surface area contributed by atoms with Crippen molar-refractivity contribution in [2.45, 2.75) is 25.8 Å². The van der Waals surface area contributed by atoms with Crippen LogP contribution in [0.25, 0.3) is 0 Å². The molecule has 0 aromatic carbocycles. The first-order chi connectivity index (χ1) is 11.6. The molecule has 0 bridgehead atoms. The van der Waals surface area contributed by atoms with Crippen molar-refractivity contribution in [3.63, 3.8) is 0 Å². The molecule has 1 aliphatic rings. The lowest BCUT2D eigenvalue weighted by molar-refractivity contribution is -0.140. The van der Waals surface area contributed by atoms with Crippen LogP contribution in [0.2, 0.25) is 0 Å². The predicted octanol–water partition coefficient (Wildman–Crippen LogP) is 2.89. The van der Waals surface area contributed by atoms with Crippen molar-refractivity contribution in [1.82, 2.24) is 9.91 Å². The van der Waals surface area contributed by atoms with E-state index in [1.807, 2.05) is 23.6 Å². The smallest absolute Gasteiger partial charge is 0.262 e. The van der Waals surface area contributed by atoms with Gasteiger partial charge in [-0.3, -0.25) is 9.59 Å². The molecule has 0 unspecified atom stereocenters. The minimum atomic E-state index is -0.269. The number of hydrazone groups is 1. The van der Waals surface area contributed by atoms with Crippen LogP contribution in [-0.2, 0) is 9.59 Å². The van der Waals surface area contributed by atoms with Gasteiger partial charge in [0.15, 0.2) is 0 Å². The van der Waals surface area contributed by atoms with Crippen molar-refractivity contribution in [3.05, 3.63) is 46.5 Å². The summed E-state index contributed by atoms with van der Waals surface area (Å²) >= 11 is 1.59. The second-order valence-electron chi connectivity index (χ2n) is 5.60. The van der Waals surface area contributed by atoms with E-state index in [4.69, 9.17) is 4.42 Å². The predicted molar refractivity (Wildman–Crippen MR) is 91.7 cm³/mol. The first-order valence-corrected chi connectivity index (χ1v) is 8.69. The van der Waals surface area contributed by atoms with Crippen LogP contribution in [0.5, 0.6) is 0 Å². The zero-order valence-electron chi connectivity index (χ0n) is 13.6. The van der Waals surface area contributed by atoms with Gasteiger partial charge in [-0.1, -0.05) is 13.0 Å². The molecular formula is C17H19N3O3S. The molecule has 3 rings (SSSR count). The van der Waals surface area contributed by atoms with Gasteiger partial charge in [-0.05, 0) is 23.6 Å². The van der Waals surface area contributed by atoms with Crippen molar-refractivity contribution in [2.24, 2.45) is 5.10 Å². The third-order valence-electron chi connectivity index (χ3n) is 3.94. The molecule has 0 fully saturated rings. The van der Waals surface area contributed by atoms with E-state index in [0.717, 1.165) is 10.6 Å². The summed E-state index contributed by atoms with van der Waals surface area (Å²) in [4.78, 5) is 26.9. The third-order valence-corrected chi connectivity index (χ3v) is 4.86. The van der Waals surface area contributed by atoms with E-state index < -0.39 is 0 Å². The normalized spacial score (nSPS) is 17.0. The molecule has 0 aliphatic carbocycles. The monoisotopic (exact) mass is 345 g/mol. The number of hydrogen-bond donors (Lipinski definition) is 0. The maximum atomic E-state index is 12.7. The molecule has 2 aromatic heterocycles. The van der Waals surface area contributed by atoms with Crippen LogP contribution in [0.15, 0.2) is 45.4 Å². The largest absolute Gasteiger partial charge is 0.467 e. The van der Waals surface area contributed by atoms with Gasteiger partial charge >= 0.3 is 0 Å². The van der Waals surface area contributed by atoms with Crippen molar-refractivity contribution < 1.29 is 14.0 Å². The highest BCUT2D eigenvalue weighted by molar-refractivity contribution is 7.12. The number of carbonyl (C=O) groups is 2. The first-order valence-electron chi connectivity index (χ1n) is 7.81. The molecule has 3 heterocycles. The van der Waals surface area contributed by atoms with E-state index >= 15 is 0 Å². The Bertz CT molecular complexity index is 737. The van der Waals surface area contributed by atoms with E-state index in [1.54, 1.807) is 37.6 Å². The Morgan fingerprint density at radius 2 is 2.25 bits per heavy atom. The number of furan rings is 1. The lowest BCUT2D eigenvalue weighted by Gasteiger charge is -2.23. The van der Waals surface area contributed by atoms with Crippen LogP contribution >= 0.6 is 11.3 Å². The van der Waals surface area contributed by atoms with E-state index in [9.17, 15) is 9.59 Å². The summed E-state index contributed by atoms with van der Waals surface area (Å²) in [5.41, 5.74) is 0.865. The number of carbonyl (C=O) groups excluding carboxylic acids is 2. The molecule has 6 nitrogen and oxygen atoms in total. The minimum Gasteiger partial charge on any atom is -0.467 e. The van der Waals surface area contributed by atoms with Gasteiger partial charge in [-0.2, -0.15) is 5.10 Å². The van der Waals surface area contributed by atoms with Crippen LogP contribution in [0, 0.1) is 0 Å². The Kier molecular flexibility index (Phi) is 4.80. The summed E-state index contributed by atoms with van der Waals surface area (Å²) in [6, 6.07) is 7.33. The Balaban J connectivity index is 1.83. The van der Waals surface area contributed by atoms with E-state index in [-0.39, 0.29) is 24.4 Å². The molecule has 0 saturated carbocycles. The fourth-order valence-corrected chi connectivity index (χ4v) is 3.39. The van der Waals surface area contributed by atoms with Gasteiger partial charge < -0.3 is 9.32 Å². The second kappa shape index (κ2) is 7.00. The fourth-order valence-electron chi connectivity index (χ4n) is 2.67. The van der Waals surface area contributed by atoms with Gasteiger partial charge in [0.05, 0.1) is 16.9 Å². The van der Waals surface area contributed by atoms with E-state index in [0.29, 0.717) is 18.6 Å². The lowest BCUT2D eigenvalue weighted by atomic mass is 10.1. The zero-order valence-corrected chi connectivity index (χ0v) is 14.5. The van der Waals surface area contributed by atoms with Gasteiger partial charge in [-0.25, -0.2) is 5.01 Å². The van der Waals surface area contributed by atoms with Crippen LogP contribution in [0.3, 0.4) is 0 Å². The highest BCUT2D eigenvalue weighted by Gasteiger charge is 2.35.